The number of nitrogens with two attached hydrogens (primary N) is 1. The van der Waals surface area contributed by atoms with Crippen molar-refractivity contribution in [2.75, 3.05) is 0 Å². The normalized spacial score (nSPS) is 19.1. The molecule has 32 heavy (non-hydrogen) atoms. The number of H-pyrrole nitrogens is 1. The number of carbonyl (C=O) groups excluding carboxylic acids is 2. The summed E-state index contributed by atoms with van der Waals surface area (Å²) >= 11 is 0. The monoisotopic (exact) mass is 441 g/mol. The molecule has 1 aromatic carbocycles. The summed E-state index contributed by atoms with van der Waals surface area (Å²) in [6.07, 6.45) is 8.52. The number of amides is 2. The predicted molar refractivity (Wildman–Crippen MR) is 123 cm³/mol. The number of hydrogen-bond acceptors (Lipinski definition) is 3. The zero-order chi connectivity index (χ0) is 23.0. The van der Waals surface area contributed by atoms with Gasteiger partial charge in [-0.2, -0.15) is 0 Å². The van der Waals surface area contributed by atoms with Gasteiger partial charge in [0.2, 0.25) is 0 Å². The summed E-state index contributed by atoms with van der Waals surface area (Å²) in [4.78, 5) is 27.8. The van der Waals surface area contributed by atoms with Gasteiger partial charge in [0.15, 0.2) is 0 Å². The molecule has 2 amide bonds. The first kappa shape index (κ1) is 22.4. The molecule has 0 radical (unpaired) electrons. The summed E-state index contributed by atoms with van der Waals surface area (Å²) in [6.45, 7) is 5.47. The molecule has 0 fully saturated rings. The molecule has 0 unspecified atom stereocenters. The molecule has 2 aromatic rings. The molecule has 4 rings (SSSR count). The highest BCUT2D eigenvalue weighted by Gasteiger charge is 2.28. The van der Waals surface area contributed by atoms with Gasteiger partial charge in [0.1, 0.15) is 11.4 Å². The fourth-order valence-corrected chi connectivity index (χ4v) is 4.95. The SMILES string of the molecule is CC(C)(C)OC(=O)N[C@H]1CCC=C(c2c(F)cc(C(N)=O)c3[nH]c4c(c23)CCCCC4)C1. The summed E-state index contributed by atoms with van der Waals surface area (Å²) in [6, 6.07) is 1.11. The van der Waals surface area contributed by atoms with E-state index in [9.17, 15) is 9.59 Å². The van der Waals surface area contributed by atoms with Crippen molar-refractivity contribution < 1.29 is 18.7 Å². The van der Waals surface area contributed by atoms with E-state index < -0.39 is 23.4 Å². The Morgan fingerprint density at radius 1 is 1.22 bits per heavy atom. The number of allylic oxidation sites excluding steroid dienone is 1. The van der Waals surface area contributed by atoms with Crippen LogP contribution in [-0.2, 0) is 17.6 Å². The van der Waals surface area contributed by atoms with Gasteiger partial charge in [-0.1, -0.05) is 12.5 Å². The lowest BCUT2D eigenvalue weighted by molar-refractivity contribution is 0.0502. The molecule has 7 heteroatoms. The second-order valence-corrected chi connectivity index (χ2v) is 9.89. The van der Waals surface area contributed by atoms with Crippen LogP contribution in [0.15, 0.2) is 12.1 Å². The molecule has 0 saturated heterocycles. The Kier molecular flexibility index (Phi) is 6.01. The first-order chi connectivity index (χ1) is 15.1. The number of alkyl carbamates (subject to hydrolysis) is 1. The number of halogens is 1. The minimum absolute atomic E-state index is 0.146. The van der Waals surface area contributed by atoms with Crippen LogP contribution >= 0.6 is 0 Å². The first-order valence-corrected chi connectivity index (χ1v) is 11.5. The van der Waals surface area contributed by atoms with Gasteiger partial charge in [-0.05, 0) is 82.9 Å². The standard InChI is InChI=1S/C25H32FN3O3/c1-25(2,3)32-24(31)28-15-9-7-8-14(12-15)20-18(26)13-17(23(27)30)22-21(20)16-10-5-4-6-11-19(16)29-22/h8,13,15,29H,4-7,9-12H2,1-3H3,(H2,27,30)(H,28,31)/t15-/m0/s1. The number of aromatic amines is 1. The summed E-state index contributed by atoms with van der Waals surface area (Å²) < 4.78 is 20.9. The fourth-order valence-electron chi connectivity index (χ4n) is 4.95. The third-order valence-corrected chi connectivity index (χ3v) is 6.25. The van der Waals surface area contributed by atoms with Crippen molar-refractivity contribution in [1.29, 1.82) is 0 Å². The Hall–Kier alpha value is -2.83. The van der Waals surface area contributed by atoms with Crippen molar-refractivity contribution in [3.05, 3.63) is 40.3 Å². The number of ether oxygens (including phenoxy) is 1. The molecular weight excluding hydrogens is 409 g/mol. The maximum atomic E-state index is 15.5. The highest BCUT2D eigenvalue weighted by Crippen LogP contribution is 2.40. The summed E-state index contributed by atoms with van der Waals surface area (Å²) in [5.41, 5.74) is 9.38. The number of fused-ring (bicyclic) bond motifs is 3. The molecule has 0 bridgehead atoms. The maximum absolute atomic E-state index is 15.5. The van der Waals surface area contributed by atoms with Crippen molar-refractivity contribution in [2.45, 2.75) is 83.8 Å². The molecule has 2 aliphatic carbocycles. The van der Waals surface area contributed by atoms with Gasteiger partial charge in [-0.25, -0.2) is 9.18 Å². The molecule has 2 aliphatic rings. The lowest BCUT2D eigenvalue weighted by Crippen LogP contribution is -2.40. The highest BCUT2D eigenvalue weighted by atomic mass is 19.1. The summed E-state index contributed by atoms with van der Waals surface area (Å²) in [7, 11) is 0. The van der Waals surface area contributed by atoms with E-state index in [-0.39, 0.29) is 11.6 Å². The van der Waals surface area contributed by atoms with Crippen molar-refractivity contribution in [1.82, 2.24) is 10.3 Å². The number of benzene rings is 1. The second kappa shape index (κ2) is 8.60. The Morgan fingerprint density at radius 3 is 2.69 bits per heavy atom. The number of carbonyl (C=O) groups is 2. The number of nitrogens with one attached hydrogen (secondary N) is 2. The molecule has 1 heterocycles. The minimum atomic E-state index is -0.640. The molecular formula is C25H32FN3O3. The zero-order valence-corrected chi connectivity index (χ0v) is 19.1. The Balaban J connectivity index is 1.74. The van der Waals surface area contributed by atoms with Crippen LogP contribution in [0.3, 0.4) is 0 Å². The topological polar surface area (TPSA) is 97.2 Å². The minimum Gasteiger partial charge on any atom is -0.444 e. The molecule has 0 aliphatic heterocycles. The predicted octanol–water partition coefficient (Wildman–Crippen LogP) is 5.14. The van der Waals surface area contributed by atoms with Crippen LogP contribution in [0.4, 0.5) is 9.18 Å². The molecule has 6 nitrogen and oxygen atoms in total. The number of primary amides is 1. The molecule has 0 spiro atoms. The average Bonchev–Trinajstić information content (AvgIpc) is 2.88. The van der Waals surface area contributed by atoms with Gasteiger partial charge in [0.25, 0.3) is 5.91 Å². The highest BCUT2D eigenvalue weighted by molar-refractivity contribution is 6.09. The number of aryl methyl sites for hydroxylation is 2. The molecule has 172 valence electrons. The first-order valence-electron chi connectivity index (χ1n) is 11.5. The van der Waals surface area contributed by atoms with Crippen molar-refractivity contribution in [3.63, 3.8) is 0 Å². The molecule has 1 aromatic heterocycles. The molecule has 0 saturated carbocycles. The van der Waals surface area contributed by atoms with Crippen molar-refractivity contribution in [2.24, 2.45) is 5.73 Å². The average molecular weight is 442 g/mol. The van der Waals surface area contributed by atoms with Crippen LogP contribution in [-0.4, -0.2) is 28.6 Å². The van der Waals surface area contributed by atoms with Crippen LogP contribution in [0, 0.1) is 5.82 Å². The number of rotatable bonds is 3. The van der Waals surface area contributed by atoms with E-state index in [1.165, 1.54) is 6.07 Å². The van der Waals surface area contributed by atoms with E-state index in [2.05, 4.69) is 10.3 Å². The van der Waals surface area contributed by atoms with Crippen LogP contribution in [0.2, 0.25) is 0 Å². The molecule has 1 atom stereocenters. The fraction of sp³-hybridized carbons (Fsp3) is 0.520. The van der Waals surface area contributed by atoms with Crippen LogP contribution in [0.1, 0.15) is 86.5 Å². The summed E-state index contributed by atoms with van der Waals surface area (Å²) in [5.74, 6) is -1.08. The van der Waals surface area contributed by atoms with Gasteiger partial charge in [0.05, 0.1) is 11.1 Å². The van der Waals surface area contributed by atoms with Crippen molar-refractivity contribution in [3.8, 4) is 0 Å². The van der Waals surface area contributed by atoms with Crippen LogP contribution in [0.5, 0.6) is 0 Å². The van der Waals surface area contributed by atoms with E-state index in [1.807, 2.05) is 26.8 Å². The largest absolute Gasteiger partial charge is 0.444 e. The van der Waals surface area contributed by atoms with Gasteiger partial charge in [-0.15, -0.1) is 0 Å². The Bertz CT molecular complexity index is 1090. The Labute approximate surface area is 187 Å². The summed E-state index contributed by atoms with van der Waals surface area (Å²) in [5, 5.41) is 3.71. The number of aromatic nitrogens is 1. The van der Waals surface area contributed by atoms with E-state index >= 15 is 4.39 Å². The van der Waals surface area contributed by atoms with Crippen LogP contribution < -0.4 is 11.1 Å². The maximum Gasteiger partial charge on any atom is 0.407 e. The zero-order valence-electron chi connectivity index (χ0n) is 19.1. The third kappa shape index (κ3) is 4.52. The molecule has 4 N–H and O–H groups in total. The van der Waals surface area contributed by atoms with E-state index in [0.29, 0.717) is 17.5 Å². The van der Waals surface area contributed by atoms with Gasteiger partial charge < -0.3 is 20.8 Å². The van der Waals surface area contributed by atoms with E-state index in [1.54, 1.807) is 0 Å². The third-order valence-electron chi connectivity index (χ3n) is 6.25. The second-order valence-electron chi connectivity index (χ2n) is 9.89. The number of hydrogen-bond donors (Lipinski definition) is 3. The van der Waals surface area contributed by atoms with Gasteiger partial charge >= 0.3 is 6.09 Å². The van der Waals surface area contributed by atoms with Crippen LogP contribution in [0.25, 0.3) is 16.5 Å². The lowest BCUT2D eigenvalue weighted by atomic mass is 9.86. The van der Waals surface area contributed by atoms with Gasteiger partial charge in [-0.3, -0.25) is 4.79 Å². The van der Waals surface area contributed by atoms with E-state index in [4.69, 9.17) is 10.5 Å². The van der Waals surface area contributed by atoms with Crippen molar-refractivity contribution >= 4 is 28.5 Å². The quantitative estimate of drug-likeness (QED) is 0.576. The smallest absolute Gasteiger partial charge is 0.407 e. The van der Waals surface area contributed by atoms with Gasteiger partial charge in [0, 0.05) is 22.7 Å². The Morgan fingerprint density at radius 2 is 1.97 bits per heavy atom. The van der Waals surface area contributed by atoms with E-state index in [0.717, 1.165) is 67.2 Å². The lowest BCUT2D eigenvalue weighted by Gasteiger charge is -2.27.